The van der Waals surface area contributed by atoms with Crippen LogP contribution in [0.3, 0.4) is 0 Å². The van der Waals surface area contributed by atoms with Gasteiger partial charge in [0.2, 0.25) is 0 Å². The van der Waals surface area contributed by atoms with Gasteiger partial charge in [0.15, 0.2) is 0 Å². The molecule has 8 heteroatoms. The van der Waals surface area contributed by atoms with Gasteiger partial charge in [-0.3, -0.25) is 4.90 Å². The molecule has 1 amide bonds. The van der Waals surface area contributed by atoms with Gasteiger partial charge in [0.05, 0.1) is 30.0 Å². The van der Waals surface area contributed by atoms with Crippen molar-refractivity contribution in [1.29, 1.82) is 0 Å². The predicted octanol–water partition coefficient (Wildman–Crippen LogP) is 3.67. The number of piperazine rings is 1. The number of anilines is 3. The van der Waals surface area contributed by atoms with Gasteiger partial charge in [-0.05, 0) is 36.8 Å². The average molecular weight is 443 g/mol. The molecule has 2 saturated heterocycles. The maximum absolute atomic E-state index is 15.0. The summed E-state index contributed by atoms with van der Waals surface area (Å²) in [5.74, 6) is -0.325. The molecular formula is C23H27FN4O2S. The molecule has 2 aromatic carbocycles. The maximum Gasteiger partial charge on any atom is 0.414 e. The molecule has 6 nitrogen and oxygen atoms in total. The van der Waals surface area contributed by atoms with E-state index in [4.69, 9.17) is 17.0 Å². The van der Waals surface area contributed by atoms with E-state index in [2.05, 4.69) is 28.9 Å². The minimum Gasteiger partial charge on any atom is -0.442 e. The van der Waals surface area contributed by atoms with Crippen LogP contribution in [0.25, 0.3) is 0 Å². The smallest absolute Gasteiger partial charge is 0.414 e. The predicted molar refractivity (Wildman–Crippen MR) is 126 cm³/mol. The minimum absolute atomic E-state index is 0.297. The molecule has 0 radical (unpaired) electrons. The lowest BCUT2D eigenvalue weighted by molar-refractivity contribution is 0.131. The summed E-state index contributed by atoms with van der Waals surface area (Å²) < 4.78 is 20.4. The number of likely N-dealkylation sites (N-methyl/N-ethyl adjacent to an activating group) is 1. The number of halogens is 1. The van der Waals surface area contributed by atoms with Crippen molar-refractivity contribution in [3.8, 4) is 0 Å². The number of para-hydroxylation sites is 1. The highest BCUT2D eigenvalue weighted by atomic mass is 32.1. The number of thiocarbonyl (C=S) groups is 1. The van der Waals surface area contributed by atoms with Gasteiger partial charge in [-0.15, -0.1) is 0 Å². The van der Waals surface area contributed by atoms with E-state index in [1.165, 1.54) is 27.7 Å². The van der Waals surface area contributed by atoms with Crippen LogP contribution in [-0.2, 0) is 4.74 Å². The number of cyclic esters (lactones) is 1. The van der Waals surface area contributed by atoms with Gasteiger partial charge >= 0.3 is 6.09 Å². The maximum atomic E-state index is 15.0. The first kappa shape index (κ1) is 21.4. The molecular weight excluding hydrogens is 415 g/mol. The third-order valence-electron chi connectivity index (χ3n) is 5.87. The van der Waals surface area contributed by atoms with Crippen LogP contribution >= 0.6 is 12.2 Å². The van der Waals surface area contributed by atoms with E-state index < -0.39 is 6.09 Å². The molecule has 0 aromatic heterocycles. The van der Waals surface area contributed by atoms with Crippen LogP contribution < -0.4 is 14.7 Å². The first-order valence-corrected chi connectivity index (χ1v) is 10.9. The van der Waals surface area contributed by atoms with Crippen molar-refractivity contribution < 1.29 is 13.9 Å². The van der Waals surface area contributed by atoms with Gasteiger partial charge in [-0.1, -0.05) is 30.4 Å². The third-order valence-corrected chi connectivity index (χ3v) is 6.22. The molecule has 2 aliphatic rings. The lowest BCUT2D eigenvalue weighted by Crippen LogP contribution is -2.47. The number of benzene rings is 2. The number of rotatable bonds is 6. The van der Waals surface area contributed by atoms with Crippen molar-refractivity contribution in [2.24, 2.45) is 0 Å². The van der Waals surface area contributed by atoms with Crippen LogP contribution in [0, 0.1) is 12.7 Å². The molecule has 2 aliphatic heterocycles. The molecule has 0 N–H and O–H groups in total. The van der Waals surface area contributed by atoms with Gasteiger partial charge in [0.1, 0.15) is 11.9 Å². The molecule has 2 fully saturated rings. The van der Waals surface area contributed by atoms with E-state index in [0.717, 1.165) is 26.2 Å². The highest BCUT2D eigenvalue weighted by molar-refractivity contribution is 7.78. The standard InChI is InChI=1S/C23H27FN4O2S/c1-17-5-3-4-6-21(17)26-9-11-27(12-10-26)22-8-7-18(13-20(22)24)28-15-19(30-23(28)29)14-25(2)16-31/h3-8,13,16,19H,9-12,14-15H2,1-2H3/t19-/m0/s1. The number of amides is 1. The highest BCUT2D eigenvalue weighted by Crippen LogP contribution is 2.29. The molecule has 0 aliphatic carbocycles. The van der Waals surface area contributed by atoms with Crippen molar-refractivity contribution >= 4 is 40.9 Å². The van der Waals surface area contributed by atoms with E-state index >= 15 is 4.39 Å². The van der Waals surface area contributed by atoms with Gasteiger partial charge in [-0.2, -0.15) is 0 Å². The van der Waals surface area contributed by atoms with E-state index in [1.807, 2.05) is 19.2 Å². The zero-order valence-corrected chi connectivity index (χ0v) is 18.6. The quantitative estimate of drug-likeness (QED) is 0.636. The Bertz CT molecular complexity index is 964. The van der Waals surface area contributed by atoms with E-state index in [1.54, 1.807) is 17.0 Å². The lowest BCUT2D eigenvalue weighted by atomic mass is 10.1. The first-order valence-electron chi connectivity index (χ1n) is 10.4. The van der Waals surface area contributed by atoms with E-state index in [-0.39, 0.29) is 11.9 Å². The van der Waals surface area contributed by atoms with Crippen LogP contribution in [0.15, 0.2) is 42.5 Å². The van der Waals surface area contributed by atoms with Crippen molar-refractivity contribution in [1.82, 2.24) is 4.90 Å². The third kappa shape index (κ3) is 4.58. The fourth-order valence-corrected chi connectivity index (χ4v) is 4.30. The molecule has 2 heterocycles. The second kappa shape index (κ2) is 9.09. The molecule has 0 saturated carbocycles. The second-order valence-corrected chi connectivity index (χ2v) is 8.27. The summed E-state index contributed by atoms with van der Waals surface area (Å²) in [5, 5.41) is 0. The lowest BCUT2D eigenvalue weighted by Gasteiger charge is -2.38. The van der Waals surface area contributed by atoms with Gasteiger partial charge in [-0.25, -0.2) is 9.18 Å². The molecule has 164 valence electrons. The molecule has 1 atom stereocenters. The molecule has 31 heavy (non-hydrogen) atoms. The molecule has 2 aromatic rings. The van der Waals surface area contributed by atoms with Crippen molar-refractivity contribution in [2.45, 2.75) is 13.0 Å². The Hall–Kier alpha value is -2.87. The van der Waals surface area contributed by atoms with Crippen LogP contribution in [-0.4, -0.2) is 68.9 Å². The first-order chi connectivity index (χ1) is 15.0. The number of nitrogens with zero attached hydrogens (tertiary/aromatic N) is 4. The van der Waals surface area contributed by atoms with Crippen LogP contribution in [0.5, 0.6) is 0 Å². The summed E-state index contributed by atoms with van der Waals surface area (Å²) in [5.41, 5.74) is 5.08. The zero-order valence-electron chi connectivity index (χ0n) is 17.8. The zero-order chi connectivity index (χ0) is 22.0. The number of hydrogen-bond acceptors (Lipinski definition) is 5. The number of aryl methyl sites for hydroxylation is 1. The number of carbonyl (C=O) groups is 1. The van der Waals surface area contributed by atoms with Crippen LogP contribution in [0.2, 0.25) is 0 Å². The summed E-state index contributed by atoms with van der Waals surface area (Å²) in [6.07, 6.45) is -0.754. The summed E-state index contributed by atoms with van der Waals surface area (Å²) in [6, 6.07) is 13.3. The van der Waals surface area contributed by atoms with Gasteiger partial charge < -0.3 is 19.4 Å². The fraction of sp³-hybridized carbons (Fsp3) is 0.391. The summed E-state index contributed by atoms with van der Waals surface area (Å²) in [4.78, 5) is 19.9. The Balaban J connectivity index is 1.41. The second-order valence-electron chi connectivity index (χ2n) is 8.06. The van der Waals surface area contributed by atoms with Crippen molar-refractivity contribution in [3.63, 3.8) is 0 Å². The average Bonchev–Trinajstić information content (AvgIpc) is 3.14. The Labute approximate surface area is 187 Å². The van der Waals surface area contributed by atoms with Crippen LogP contribution in [0.4, 0.5) is 26.2 Å². The topological polar surface area (TPSA) is 39.3 Å². The molecule has 0 unspecified atom stereocenters. The monoisotopic (exact) mass is 442 g/mol. The van der Waals surface area contributed by atoms with Gasteiger partial charge in [0, 0.05) is 38.9 Å². The highest BCUT2D eigenvalue weighted by Gasteiger charge is 2.33. The molecule has 0 bridgehead atoms. The van der Waals surface area contributed by atoms with E-state index in [0.29, 0.717) is 24.5 Å². The minimum atomic E-state index is -0.457. The van der Waals surface area contributed by atoms with Crippen molar-refractivity contribution in [2.75, 3.05) is 61.0 Å². The normalized spacial score (nSPS) is 18.9. The van der Waals surface area contributed by atoms with E-state index in [9.17, 15) is 4.79 Å². The Morgan fingerprint density at radius 3 is 2.45 bits per heavy atom. The summed E-state index contributed by atoms with van der Waals surface area (Å²) >= 11 is 4.89. The van der Waals surface area contributed by atoms with Gasteiger partial charge in [0.25, 0.3) is 0 Å². The summed E-state index contributed by atoms with van der Waals surface area (Å²) in [7, 11) is 1.83. The molecule has 0 spiro atoms. The Morgan fingerprint density at radius 2 is 1.81 bits per heavy atom. The number of carbonyl (C=O) groups excluding carboxylic acids is 1. The largest absolute Gasteiger partial charge is 0.442 e. The Morgan fingerprint density at radius 1 is 1.13 bits per heavy atom. The SMILES string of the molecule is Cc1ccccc1N1CCN(c2ccc(N3C[C@H](CN(C)C=S)OC3=O)cc2F)CC1. The number of hydrogen-bond donors (Lipinski definition) is 0. The fourth-order valence-electron chi connectivity index (χ4n) is 4.22. The Kier molecular flexibility index (Phi) is 6.27. The van der Waals surface area contributed by atoms with Crippen molar-refractivity contribution in [3.05, 3.63) is 53.8 Å². The molecule has 4 rings (SSSR count). The van der Waals surface area contributed by atoms with Crippen LogP contribution in [0.1, 0.15) is 5.56 Å². The number of ether oxygens (including phenoxy) is 1. The summed E-state index contributed by atoms with van der Waals surface area (Å²) in [6.45, 7) is 6.14.